The third kappa shape index (κ3) is 4.29. The number of nitrogens with zero attached hydrogens (tertiary/aromatic N) is 5. The van der Waals surface area contributed by atoms with Gasteiger partial charge in [0.15, 0.2) is 11.6 Å². The van der Waals surface area contributed by atoms with E-state index in [2.05, 4.69) is 39.5 Å². The van der Waals surface area contributed by atoms with E-state index < -0.39 is 11.7 Å². The molecule has 9 nitrogen and oxygen atoms in total. The molecule has 37 heavy (non-hydrogen) atoms. The van der Waals surface area contributed by atoms with Crippen molar-refractivity contribution in [3.8, 4) is 11.4 Å². The van der Waals surface area contributed by atoms with Gasteiger partial charge in [-0.25, -0.2) is 14.4 Å². The van der Waals surface area contributed by atoms with Gasteiger partial charge in [-0.2, -0.15) is 5.10 Å². The summed E-state index contributed by atoms with van der Waals surface area (Å²) in [5.41, 5.74) is 3.17. The van der Waals surface area contributed by atoms with Crippen molar-refractivity contribution in [2.75, 3.05) is 23.3 Å². The minimum atomic E-state index is -0.500. The largest absolute Gasteiger partial charge is 0.472 e. The molecule has 2 N–H and O–H groups in total. The molecule has 5 aromatic rings. The molecule has 0 radical (unpaired) electrons. The van der Waals surface area contributed by atoms with E-state index >= 15 is 0 Å². The Bertz CT molecular complexity index is 1620. The third-order valence-corrected chi connectivity index (χ3v) is 6.58. The highest BCUT2D eigenvalue weighted by Gasteiger charge is 2.25. The fourth-order valence-electron chi connectivity index (χ4n) is 5.10. The van der Waals surface area contributed by atoms with E-state index in [-0.39, 0.29) is 5.52 Å². The topological polar surface area (TPSA) is 101 Å². The lowest BCUT2D eigenvalue weighted by Gasteiger charge is -2.38. The molecule has 1 amide bonds. The van der Waals surface area contributed by atoms with Gasteiger partial charge >= 0.3 is 0 Å². The van der Waals surface area contributed by atoms with Crippen LogP contribution in [0.4, 0.5) is 15.8 Å². The predicted octanol–water partition coefficient (Wildman–Crippen LogP) is 4.35. The third-order valence-electron chi connectivity index (χ3n) is 6.58. The molecular weight excluding hydrogens is 473 g/mol. The summed E-state index contributed by atoms with van der Waals surface area (Å²) in [6.07, 6.45) is 6.59. The van der Waals surface area contributed by atoms with Crippen LogP contribution >= 0.6 is 0 Å². The first kappa shape index (κ1) is 23.1. The quantitative estimate of drug-likeness (QED) is 0.379. The number of furan rings is 1. The molecule has 1 fully saturated rings. The Morgan fingerprint density at radius 1 is 1.16 bits per heavy atom. The number of hydrogen-bond donors (Lipinski definition) is 2. The Kier molecular flexibility index (Phi) is 5.60. The molecule has 2 atom stereocenters. The molecule has 4 heterocycles. The summed E-state index contributed by atoms with van der Waals surface area (Å²) in [7, 11) is 1.72. The van der Waals surface area contributed by atoms with Gasteiger partial charge in [-0.3, -0.25) is 9.48 Å². The van der Waals surface area contributed by atoms with Gasteiger partial charge in [-0.1, -0.05) is 0 Å². The van der Waals surface area contributed by atoms with Crippen LogP contribution in [0.3, 0.4) is 0 Å². The zero-order valence-corrected chi connectivity index (χ0v) is 20.7. The predicted molar refractivity (Wildman–Crippen MR) is 140 cm³/mol. The molecule has 0 spiro atoms. The number of nitrogens with one attached hydrogen (secondary N) is 2. The first-order valence-corrected chi connectivity index (χ1v) is 12.1. The molecule has 0 bridgehead atoms. The molecular formula is C27H26FN7O2. The molecule has 0 unspecified atom stereocenters. The maximum absolute atomic E-state index is 14.6. The number of carbonyl (C=O) groups is 1. The summed E-state index contributed by atoms with van der Waals surface area (Å²) in [6, 6.07) is 9.09. The number of aromatic nitrogens is 4. The fraction of sp³-hybridized carbons (Fsp3) is 0.259. The standard InChI is InChI=1S/C27H26FN7O2/c1-15-11-35(12-16(2)30-15)23-5-4-20(25-21(23)10-29-26(32-25)17-6-7-37-14-17)27(36)31-19-8-18-13-34(3)33-24(18)22(28)9-19/h4-10,13-16,30H,11-12H2,1-3H3,(H,31,36)/t15-,16-/m0/s1. The first-order chi connectivity index (χ1) is 17.9. The van der Waals surface area contributed by atoms with E-state index in [4.69, 9.17) is 9.40 Å². The molecule has 0 saturated carbocycles. The number of aryl methyl sites for hydroxylation is 1. The lowest BCUT2D eigenvalue weighted by atomic mass is 10.0. The second kappa shape index (κ2) is 8.97. The average molecular weight is 500 g/mol. The molecule has 10 heteroatoms. The van der Waals surface area contributed by atoms with E-state index in [0.717, 1.165) is 24.2 Å². The molecule has 0 aliphatic carbocycles. The van der Waals surface area contributed by atoms with Crippen LogP contribution in [-0.4, -0.2) is 50.8 Å². The summed E-state index contributed by atoms with van der Waals surface area (Å²) in [5, 5.41) is 11.9. The molecule has 1 aliphatic heterocycles. The number of fused-ring (bicyclic) bond motifs is 2. The summed E-state index contributed by atoms with van der Waals surface area (Å²) in [4.78, 5) is 25.2. The number of carbonyl (C=O) groups excluding carboxylic acids is 1. The fourth-order valence-corrected chi connectivity index (χ4v) is 5.10. The Morgan fingerprint density at radius 2 is 1.97 bits per heavy atom. The number of amides is 1. The van der Waals surface area contributed by atoms with Gasteiger partial charge in [0.25, 0.3) is 5.91 Å². The van der Waals surface area contributed by atoms with Crippen molar-refractivity contribution in [2.24, 2.45) is 7.05 Å². The molecule has 2 aromatic carbocycles. The van der Waals surface area contributed by atoms with Crippen molar-refractivity contribution in [3.63, 3.8) is 0 Å². The van der Waals surface area contributed by atoms with Crippen molar-refractivity contribution >= 4 is 39.1 Å². The Labute approximate surface area is 212 Å². The van der Waals surface area contributed by atoms with Gasteiger partial charge < -0.3 is 20.0 Å². The van der Waals surface area contributed by atoms with Gasteiger partial charge in [0.1, 0.15) is 11.8 Å². The highest BCUT2D eigenvalue weighted by atomic mass is 19.1. The number of benzene rings is 2. The van der Waals surface area contributed by atoms with E-state index in [9.17, 15) is 9.18 Å². The van der Waals surface area contributed by atoms with Gasteiger partial charge in [-0.05, 0) is 44.2 Å². The normalized spacial score (nSPS) is 18.0. The number of piperazine rings is 1. The Balaban J connectivity index is 1.43. The van der Waals surface area contributed by atoms with E-state index in [1.165, 1.54) is 10.7 Å². The molecule has 1 saturated heterocycles. The minimum absolute atomic E-state index is 0.257. The molecule has 6 rings (SSSR count). The van der Waals surface area contributed by atoms with Crippen LogP contribution in [0.25, 0.3) is 33.2 Å². The van der Waals surface area contributed by atoms with Crippen molar-refractivity contribution < 1.29 is 13.6 Å². The van der Waals surface area contributed by atoms with E-state index in [1.807, 2.05) is 6.07 Å². The molecule has 188 valence electrons. The van der Waals surface area contributed by atoms with Gasteiger partial charge in [0, 0.05) is 66.8 Å². The monoisotopic (exact) mass is 499 g/mol. The maximum atomic E-state index is 14.6. The molecule has 3 aromatic heterocycles. The van der Waals surface area contributed by atoms with Crippen molar-refractivity contribution in [2.45, 2.75) is 25.9 Å². The van der Waals surface area contributed by atoms with Gasteiger partial charge in [0.05, 0.1) is 22.9 Å². The van der Waals surface area contributed by atoms with Crippen LogP contribution in [0.5, 0.6) is 0 Å². The van der Waals surface area contributed by atoms with Crippen LogP contribution in [-0.2, 0) is 7.05 Å². The van der Waals surface area contributed by atoms with Crippen LogP contribution in [0.1, 0.15) is 24.2 Å². The van der Waals surface area contributed by atoms with Crippen LogP contribution in [0.2, 0.25) is 0 Å². The van der Waals surface area contributed by atoms with Crippen molar-refractivity contribution in [3.05, 3.63) is 66.6 Å². The van der Waals surface area contributed by atoms with Crippen LogP contribution < -0.4 is 15.5 Å². The number of halogens is 1. The van der Waals surface area contributed by atoms with Crippen LogP contribution in [0, 0.1) is 5.82 Å². The zero-order chi connectivity index (χ0) is 25.7. The second-order valence-corrected chi connectivity index (χ2v) is 9.63. The highest BCUT2D eigenvalue weighted by Crippen LogP contribution is 2.32. The lowest BCUT2D eigenvalue weighted by Crippen LogP contribution is -2.54. The number of hydrogen-bond acceptors (Lipinski definition) is 7. The second-order valence-electron chi connectivity index (χ2n) is 9.63. The molecule has 1 aliphatic rings. The Morgan fingerprint density at radius 3 is 2.73 bits per heavy atom. The number of rotatable bonds is 4. The smallest absolute Gasteiger partial charge is 0.257 e. The maximum Gasteiger partial charge on any atom is 0.257 e. The van der Waals surface area contributed by atoms with Gasteiger partial charge in [0.2, 0.25) is 0 Å². The van der Waals surface area contributed by atoms with Crippen molar-refractivity contribution in [1.29, 1.82) is 0 Å². The van der Waals surface area contributed by atoms with E-state index in [0.29, 0.717) is 45.6 Å². The minimum Gasteiger partial charge on any atom is -0.472 e. The van der Waals surface area contributed by atoms with E-state index in [1.54, 1.807) is 50.2 Å². The van der Waals surface area contributed by atoms with Crippen LogP contribution in [0.15, 0.2) is 59.7 Å². The van der Waals surface area contributed by atoms with Crippen molar-refractivity contribution in [1.82, 2.24) is 25.1 Å². The van der Waals surface area contributed by atoms with Gasteiger partial charge in [-0.15, -0.1) is 0 Å². The summed E-state index contributed by atoms with van der Waals surface area (Å²) in [5.74, 6) is -0.435. The Hall–Kier alpha value is -4.31. The lowest BCUT2D eigenvalue weighted by molar-refractivity contribution is 0.102. The SMILES string of the molecule is C[C@H]1CN(c2ccc(C(=O)Nc3cc(F)c4nn(C)cc4c3)c3nc(-c4ccoc4)ncc23)C[C@H](C)N1. The zero-order valence-electron chi connectivity index (χ0n) is 20.7. The summed E-state index contributed by atoms with van der Waals surface area (Å²) >= 11 is 0. The summed E-state index contributed by atoms with van der Waals surface area (Å²) in [6.45, 7) is 5.94. The highest BCUT2D eigenvalue weighted by molar-refractivity contribution is 6.14. The number of anilines is 2. The summed E-state index contributed by atoms with van der Waals surface area (Å²) < 4.78 is 21.4. The average Bonchev–Trinajstić information content (AvgIpc) is 3.52. The first-order valence-electron chi connectivity index (χ1n) is 12.1.